The molecule has 0 radical (unpaired) electrons. The van der Waals surface area contributed by atoms with E-state index in [-0.39, 0.29) is 18.3 Å². The predicted molar refractivity (Wildman–Crippen MR) is 139 cm³/mol. The second kappa shape index (κ2) is 11.4. The first-order valence-corrected chi connectivity index (χ1v) is 12.4. The van der Waals surface area contributed by atoms with E-state index in [1.807, 2.05) is 12.1 Å². The Bertz CT molecular complexity index is 1420. The van der Waals surface area contributed by atoms with Crippen LogP contribution in [0, 0.1) is 5.82 Å². The van der Waals surface area contributed by atoms with Gasteiger partial charge in [0.05, 0.1) is 24.4 Å². The van der Waals surface area contributed by atoms with Crippen LogP contribution in [-0.2, 0) is 20.9 Å². The molecule has 2 heterocycles. The van der Waals surface area contributed by atoms with Crippen molar-refractivity contribution in [3.05, 3.63) is 84.2 Å². The van der Waals surface area contributed by atoms with Crippen molar-refractivity contribution in [3.8, 4) is 5.75 Å². The summed E-state index contributed by atoms with van der Waals surface area (Å²) in [5.74, 6) is -1.02. The largest absolute Gasteiger partial charge is 0.497 e. The fourth-order valence-electron chi connectivity index (χ4n) is 4.62. The Morgan fingerprint density at radius 2 is 1.89 bits per heavy atom. The molecule has 1 aromatic heterocycles. The number of hydrogen-bond donors (Lipinski definition) is 1. The van der Waals surface area contributed by atoms with E-state index in [9.17, 15) is 9.59 Å². The molecule has 2 amide bonds. The fourth-order valence-corrected chi connectivity index (χ4v) is 4.62. The number of benzene rings is 3. The summed E-state index contributed by atoms with van der Waals surface area (Å²) in [4.78, 5) is 28.9. The fraction of sp³-hybridized carbons (Fsp3) is 0.286. The first-order chi connectivity index (χ1) is 18.5. The van der Waals surface area contributed by atoms with Gasteiger partial charge in [0.15, 0.2) is 0 Å². The molecule has 196 valence electrons. The summed E-state index contributed by atoms with van der Waals surface area (Å²) in [5, 5.41) is 11.1. The highest BCUT2D eigenvalue weighted by Crippen LogP contribution is 2.31. The number of amides is 2. The van der Waals surface area contributed by atoms with Crippen LogP contribution in [-0.4, -0.2) is 53.2 Å². The summed E-state index contributed by atoms with van der Waals surface area (Å²) in [5.41, 5.74) is 1.75. The third-order valence-electron chi connectivity index (χ3n) is 6.55. The van der Waals surface area contributed by atoms with Crippen LogP contribution in [0.2, 0.25) is 0 Å². The Kier molecular flexibility index (Phi) is 7.60. The van der Waals surface area contributed by atoms with Gasteiger partial charge in [-0.2, -0.15) is 0 Å². The van der Waals surface area contributed by atoms with Gasteiger partial charge < -0.3 is 14.8 Å². The number of para-hydroxylation sites is 2. The summed E-state index contributed by atoms with van der Waals surface area (Å²) in [6.07, 6.45) is 1.66. The third kappa shape index (κ3) is 5.35. The van der Waals surface area contributed by atoms with Crippen molar-refractivity contribution < 1.29 is 23.5 Å². The van der Waals surface area contributed by atoms with E-state index < -0.39 is 23.7 Å². The Morgan fingerprint density at radius 3 is 2.63 bits per heavy atom. The lowest BCUT2D eigenvalue weighted by Gasteiger charge is -2.32. The number of rotatable bonds is 9. The van der Waals surface area contributed by atoms with Gasteiger partial charge in [0.25, 0.3) is 0 Å². The van der Waals surface area contributed by atoms with Gasteiger partial charge in [-0.1, -0.05) is 41.6 Å². The van der Waals surface area contributed by atoms with Crippen molar-refractivity contribution in [2.45, 2.75) is 31.5 Å². The quantitative estimate of drug-likeness (QED) is 0.364. The molecule has 2 unspecified atom stereocenters. The van der Waals surface area contributed by atoms with Crippen LogP contribution in [0.25, 0.3) is 11.0 Å². The Labute approximate surface area is 219 Å². The highest BCUT2D eigenvalue weighted by molar-refractivity contribution is 6.01. The predicted octanol–water partition coefficient (Wildman–Crippen LogP) is 3.65. The number of halogens is 1. The van der Waals surface area contributed by atoms with Crippen molar-refractivity contribution in [3.63, 3.8) is 0 Å². The molecule has 1 fully saturated rings. The highest BCUT2D eigenvalue weighted by Gasteiger charge is 2.35. The van der Waals surface area contributed by atoms with Crippen molar-refractivity contribution in [2.24, 2.45) is 0 Å². The number of carbonyl (C=O) groups excluding carboxylic acids is 2. The number of carbonyl (C=O) groups is 2. The van der Waals surface area contributed by atoms with Gasteiger partial charge >= 0.3 is 0 Å². The molecule has 1 saturated heterocycles. The van der Waals surface area contributed by atoms with Crippen molar-refractivity contribution in [1.29, 1.82) is 0 Å². The molecule has 1 aliphatic rings. The monoisotopic (exact) mass is 517 g/mol. The van der Waals surface area contributed by atoms with E-state index in [0.29, 0.717) is 35.5 Å². The number of anilines is 1. The van der Waals surface area contributed by atoms with E-state index in [2.05, 4.69) is 15.6 Å². The molecule has 3 aromatic carbocycles. The first-order valence-electron chi connectivity index (χ1n) is 12.4. The summed E-state index contributed by atoms with van der Waals surface area (Å²) in [6.45, 7) is 0.688. The van der Waals surface area contributed by atoms with Gasteiger partial charge in [0.1, 0.15) is 29.7 Å². The van der Waals surface area contributed by atoms with Gasteiger partial charge in [-0.05, 0) is 54.8 Å². The normalized spacial score (nSPS) is 15.8. The lowest BCUT2D eigenvalue weighted by atomic mass is 10.0. The third-order valence-corrected chi connectivity index (χ3v) is 6.55. The van der Waals surface area contributed by atoms with Crippen LogP contribution < -0.4 is 15.0 Å². The van der Waals surface area contributed by atoms with Gasteiger partial charge in [-0.25, -0.2) is 9.07 Å². The molecule has 1 N–H and O–H groups in total. The average Bonchev–Trinajstić information content (AvgIpc) is 3.61. The summed E-state index contributed by atoms with van der Waals surface area (Å²) < 4.78 is 27.6. The molecular weight excluding hydrogens is 489 g/mol. The van der Waals surface area contributed by atoms with E-state index in [1.54, 1.807) is 49.6 Å². The molecule has 0 bridgehead atoms. The zero-order chi connectivity index (χ0) is 26.5. The van der Waals surface area contributed by atoms with Gasteiger partial charge in [0.2, 0.25) is 11.8 Å². The molecule has 0 saturated carbocycles. The second-order valence-corrected chi connectivity index (χ2v) is 9.01. The number of fused-ring (bicyclic) bond motifs is 1. The minimum absolute atomic E-state index is 0.0185. The first kappa shape index (κ1) is 25.3. The van der Waals surface area contributed by atoms with Crippen LogP contribution in [0.15, 0.2) is 72.8 Å². The van der Waals surface area contributed by atoms with Crippen molar-refractivity contribution in [2.75, 3.05) is 25.2 Å². The molecule has 38 heavy (non-hydrogen) atoms. The molecule has 4 aromatic rings. The minimum Gasteiger partial charge on any atom is -0.497 e. The highest BCUT2D eigenvalue weighted by atomic mass is 19.1. The smallest absolute Gasteiger partial charge is 0.249 e. The van der Waals surface area contributed by atoms with Gasteiger partial charge in [-0.15, -0.1) is 5.10 Å². The Balaban J connectivity index is 1.54. The second-order valence-electron chi connectivity index (χ2n) is 9.01. The topological polar surface area (TPSA) is 98.6 Å². The maximum Gasteiger partial charge on any atom is 0.249 e. The molecule has 0 spiro atoms. The summed E-state index contributed by atoms with van der Waals surface area (Å²) in [6, 6.07) is 18.8. The number of nitrogens with one attached hydrogen (secondary N) is 1. The molecule has 10 heteroatoms. The molecule has 2 atom stereocenters. The lowest BCUT2D eigenvalue weighted by Crippen LogP contribution is -2.47. The Morgan fingerprint density at radius 1 is 1.13 bits per heavy atom. The van der Waals surface area contributed by atoms with Crippen LogP contribution >= 0.6 is 0 Å². The zero-order valence-electron chi connectivity index (χ0n) is 20.9. The van der Waals surface area contributed by atoms with Crippen LogP contribution in [0.5, 0.6) is 5.75 Å². The molecule has 5 rings (SSSR count). The molecule has 0 aliphatic carbocycles. The summed E-state index contributed by atoms with van der Waals surface area (Å²) in [7, 11) is 1.54. The van der Waals surface area contributed by atoms with E-state index >= 15 is 4.39 Å². The zero-order valence-corrected chi connectivity index (χ0v) is 20.9. The van der Waals surface area contributed by atoms with E-state index in [4.69, 9.17) is 9.47 Å². The van der Waals surface area contributed by atoms with Crippen molar-refractivity contribution >= 4 is 28.5 Å². The Hall–Kier alpha value is -4.31. The maximum atomic E-state index is 15.2. The molecule has 9 nitrogen and oxygen atoms in total. The molecule has 1 aliphatic heterocycles. The summed E-state index contributed by atoms with van der Waals surface area (Å²) >= 11 is 0. The molecular formula is C28H28FN5O4. The number of ether oxygens (including phenoxy) is 2. The number of nitrogens with zero attached hydrogens (tertiary/aromatic N) is 4. The lowest BCUT2D eigenvalue weighted by molar-refractivity contribution is -0.127. The van der Waals surface area contributed by atoms with E-state index in [1.165, 1.54) is 27.8 Å². The minimum atomic E-state index is -1.17. The van der Waals surface area contributed by atoms with Crippen LogP contribution in [0.4, 0.5) is 10.1 Å². The number of hydrogen-bond acceptors (Lipinski definition) is 6. The average molecular weight is 518 g/mol. The standard InChI is InChI=1S/C28H28FN5O4/c1-37-20-14-12-19(13-15-20)27(28(36)30-17-21-7-6-16-38-21)34(24-10-4-2-8-22(24)29)26(35)18-33-25-11-5-3-9-23(25)31-32-33/h2-5,8-15,21,27H,6-7,16-18H2,1H3,(H,30,36). The van der Waals surface area contributed by atoms with Crippen LogP contribution in [0.1, 0.15) is 24.4 Å². The maximum absolute atomic E-state index is 15.2. The number of methoxy groups -OCH3 is 1. The van der Waals surface area contributed by atoms with Crippen molar-refractivity contribution in [1.82, 2.24) is 20.3 Å². The van der Waals surface area contributed by atoms with Gasteiger partial charge in [-0.3, -0.25) is 14.5 Å². The number of aromatic nitrogens is 3. The van der Waals surface area contributed by atoms with Gasteiger partial charge in [0, 0.05) is 13.2 Å². The van der Waals surface area contributed by atoms with Crippen LogP contribution in [0.3, 0.4) is 0 Å². The SMILES string of the molecule is COc1ccc(C(C(=O)NCC2CCCO2)N(C(=O)Cn2nnc3ccccc32)c2ccccc2F)cc1. The van der Waals surface area contributed by atoms with E-state index in [0.717, 1.165) is 12.8 Å².